The number of rotatable bonds is 7. The number of amides is 1. The van der Waals surface area contributed by atoms with Crippen LogP contribution in [-0.4, -0.2) is 55.9 Å². The van der Waals surface area contributed by atoms with Crippen LogP contribution in [0.4, 0.5) is 5.69 Å². The standard InChI is InChI=1S/C25H28N4O6S/c1-16-12-23(30)28-24(26-16)17-6-4-8-19(13-17)27-25(31)18-7-5-11-29(15-18)36(32,33)20-9-10-21(34-2)22(14-20)35-3/h4,6,8-10,12-14,18H,5,7,11,15H2,1-3H3,(H,27,31)(H,26,28,30). The Morgan fingerprint density at radius 2 is 1.89 bits per heavy atom. The number of anilines is 1. The molecule has 1 unspecified atom stereocenters. The average molecular weight is 513 g/mol. The van der Waals surface area contributed by atoms with Gasteiger partial charge in [0.15, 0.2) is 11.5 Å². The number of carbonyl (C=O) groups is 1. The smallest absolute Gasteiger partial charge is 0.251 e. The molecule has 190 valence electrons. The van der Waals surface area contributed by atoms with Crippen LogP contribution in [0.15, 0.2) is 58.2 Å². The van der Waals surface area contributed by atoms with Gasteiger partial charge in [-0.2, -0.15) is 4.31 Å². The zero-order valence-electron chi connectivity index (χ0n) is 20.3. The number of piperidine rings is 1. The molecule has 3 aromatic rings. The van der Waals surface area contributed by atoms with E-state index in [1.807, 2.05) is 0 Å². The van der Waals surface area contributed by atoms with Gasteiger partial charge in [0.2, 0.25) is 15.9 Å². The van der Waals surface area contributed by atoms with Gasteiger partial charge in [0, 0.05) is 42.2 Å². The van der Waals surface area contributed by atoms with Crippen molar-refractivity contribution in [3.8, 4) is 22.9 Å². The molecule has 0 aliphatic carbocycles. The van der Waals surface area contributed by atoms with E-state index in [1.165, 1.54) is 36.7 Å². The third-order valence-corrected chi connectivity index (χ3v) is 7.88. The first kappa shape index (κ1) is 25.4. The SMILES string of the molecule is COc1ccc(S(=O)(=O)N2CCCC(C(=O)Nc3cccc(-c4nc(C)cc(=O)[nH]4)c3)C2)cc1OC. The number of aryl methyl sites for hydroxylation is 1. The molecule has 1 aromatic heterocycles. The van der Waals surface area contributed by atoms with E-state index in [4.69, 9.17) is 9.47 Å². The molecule has 0 spiro atoms. The Morgan fingerprint density at radius 1 is 1.11 bits per heavy atom. The molecule has 1 fully saturated rings. The molecule has 2 N–H and O–H groups in total. The van der Waals surface area contributed by atoms with Gasteiger partial charge in [-0.05, 0) is 44.0 Å². The lowest BCUT2D eigenvalue weighted by molar-refractivity contribution is -0.120. The largest absolute Gasteiger partial charge is 0.493 e. The summed E-state index contributed by atoms with van der Waals surface area (Å²) in [5, 5.41) is 2.88. The predicted molar refractivity (Wildman–Crippen MR) is 135 cm³/mol. The lowest BCUT2D eigenvalue weighted by Gasteiger charge is -2.31. The molecular weight excluding hydrogens is 484 g/mol. The molecule has 36 heavy (non-hydrogen) atoms. The summed E-state index contributed by atoms with van der Waals surface area (Å²) in [6.45, 7) is 2.12. The maximum absolute atomic E-state index is 13.3. The second kappa shape index (κ2) is 10.5. The van der Waals surface area contributed by atoms with Crippen LogP contribution in [0, 0.1) is 12.8 Å². The summed E-state index contributed by atoms with van der Waals surface area (Å²) in [5.41, 5.74) is 1.50. The van der Waals surface area contributed by atoms with Crippen molar-refractivity contribution in [1.29, 1.82) is 0 Å². The van der Waals surface area contributed by atoms with Gasteiger partial charge in [-0.3, -0.25) is 9.59 Å². The van der Waals surface area contributed by atoms with Crippen LogP contribution in [0.1, 0.15) is 18.5 Å². The normalized spacial score (nSPS) is 16.4. The first-order chi connectivity index (χ1) is 17.2. The van der Waals surface area contributed by atoms with E-state index in [-0.39, 0.29) is 22.9 Å². The third-order valence-electron chi connectivity index (χ3n) is 6.02. The molecule has 4 rings (SSSR count). The highest BCUT2D eigenvalue weighted by Gasteiger charge is 2.34. The van der Waals surface area contributed by atoms with Crippen LogP contribution in [-0.2, 0) is 14.8 Å². The van der Waals surface area contributed by atoms with Crippen LogP contribution < -0.4 is 20.3 Å². The van der Waals surface area contributed by atoms with E-state index in [2.05, 4.69) is 15.3 Å². The van der Waals surface area contributed by atoms with Crippen molar-refractivity contribution in [1.82, 2.24) is 14.3 Å². The Bertz CT molecular complexity index is 1440. The zero-order valence-corrected chi connectivity index (χ0v) is 21.1. The average Bonchev–Trinajstić information content (AvgIpc) is 2.88. The molecule has 1 amide bonds. The molecule has 1 atom stereocenters. The van der Waals surface area contributed by atoms with E-state index in [0.29, 0.717) is 53.7 Å². The van der Waals surface area contributed by atoms with Gasteiger partial charge in [-0.1, -0.05) is 12.1 Å². The highest BCUT2D eigenvalue weighted by atomic mass is 32.2. The topological polar surface area (TPSA) is 131 Å². The zero-order chi connectivity index (χ0) is 25.9. The van der Waals surface area contributed by atoms with Crippen LogP contribution in [0.25, 0.3) is 11.4 Å². The summed E-state index contributed by atoms with van der Waals surface area (Å²) < 4.78 is 38.4. The number of benzene rings is 2. The maximum Gasteiger partial charge on any atom is 0.251 e. The number of nitrogens with zero attached hydrogens (tertiary/aromatic N) is 2. The summed E-state index contributed by atoms with van der Waals surface area (Å²) in [6.07, 6.45) is 1.12. The van der Waals surface area contributed by atoms with Crippen LogP contribution in [0.2, 0.25) is 0 Å². The molecule has 1 aliphatic heterocycles. The predicted octanol–water partition coefficient (Wildman–Crippen LogP) is 2.80. The van der Waals surface area contributed by atoms with Crippen molar-refractivity contribution in [3.63, 3.8) is 0 Å². The minimum absolute atomic E-state index is 0.0644. The van der Waals surface area contributed by atoms with Crippen LogP contribution in [0.3, 0.4) is 0 Å². The fourth-order valence-electron chi connectivity index (χ4n) is 4.21. The molecule has 0 bridgehead atoms. The van der Waals surface area contributed by atoms with E-state index < -0.39 is 15.9 Å². The summed E-state index contributed by atoms with van der Waals surface area (Å²) >= 11 is 0. The highest BCUT2D eigenvalue weighted by Crippen LogP contribution is 2.32. The number of ether oxygens (including phenoxy) is 2. The van der Waals surface area contributed by atoms with E-state index in [1.54, 1.807) is 37.3 Å². The number of nitrogens with one attached hydrogen (secondary N) is 2. The quantitative estimate of drug-likeness (QED) is 0.498. The number of hydrogen-bond donors (Lipinski definition) is 2. The summed E-state index contributed by atoms with van der Waals surface area (Å²) in [4.78, 5) is 32.0. The Labute approximate surface area is 209 Å². The van der Waals surface area contributed by atoms with Gasteiger partial charge in [-0.25, -0.2) is 13.4 Å². The lowest BCUT2D eigenvalue weighted by atomic mass is 9.98. The fourth-order valence-corrected chi connectivity index (χ4v) is 5.74. The number of sulfonamides is 1. The van der Waals surface area contributed by atoms with Crippen molar-refractivity contribution in [3.05, 3.63) is 64.6 Å². The van der Waals surface area contributed by atoms with Crippen molar-refractivity contribution in [2.45, 2.75) is 24.7 Å². The van der Waals surface area contributed by atoms with Gasteiger partial charge in [-0.15, -0.1) is 0 Å². The van der Waals surface area contributed by atoms with Crippen molar-refractivity contribution in [2.75, 3.05) is 32.6 Å². The molecule has 11 heteroatoms. The molecule has 10 nitrogen and oxygen atoms in total. The van der Waals surface area contributed by atoms with Gasteiger partial charge < -0.3 is 19.8 Å². The lowest BCUT2D eigenvalue weighted by Crippen LogP contribution is -2.43. The first-order valence-electron chi connectivity index (χ1n) is 11.4. The number of aromatic nitrogens is 2. The van der Waals surface area contributed by atoms with E-state index in [9.17, 15) is 18.0 Å². The van der Waals surface area contributed by atoms with Crippen LogP contribution >= 0.6 is 0 Å². The Kier molecular flexibility index (Phi) is 7.41. The van der Waals surface area contributed by atoms with Gasteiger partial charge in [0.1, 0.15) is 5.82 Å². The molecule has 2 heterocycles. The second-order valence-corrected chi connectivity index (χ2v) is 10.5. The Hall–Kier alpha value is -3.70. The monoisotopic (exact) mass is 512 g/mol. The molecule has 1 saturated heterocycles. The van der Waals surface area contributed by atoms with E-state index in [0.717, 1.165) is 0 Å². The Morgan fingerprint density at radius 3 is 2.61 bits per heavy atom. The van der Waals surface area contributed by atoms with Gasteiger partial charge in [0.05, 0.1) is 25.0 Å². The molecule has 0 saturated carbocycles. The molecular formula is C25H28N4O6S. The van der Waals surface area contributed by atoms with Gasteiger partial charge in [0.25, 0.3) is 5.56 Å². The fraction of sp³-hybridized carbons (Fsp3) is 0.320. The van der Waals surface area contributed by atoms with Gasteiger partial charge >= 0.3 is 0 Å². The molecule has 1 aliphatic rings. The van der Waals surface area contributed by atoms with Crippen molar-refractivity contribution < 1.29 is 22.7 Å². The first-order valence-corrected chi connectivity index (χ1v) is 12.9. The Balaban J connectivity index is 1.50. The summed E-state index contributed by atoms with van der Waals surface area (Å²) in [7, 11) is -0.914. The van der Waals surface area contributed by atoms with E-state index >= 15 is 0 Å². The number of hydrogen-bond acceptors (Lipinski definition) is 7. The number of H-pyrrole nitrogens is 1. The third kappa shape index (κ3) is 5.42. The number of carbonyl (C=O) groups excluding carboxylic acids is 1. The van der Waals surface area contributed by atoms with Crippen molar-refractivity contribution in [2.24, 2.45) is 5.92 Å². The highest BCUT2D eigenvalue weighted by molar-refractivity contribution is 7.89. The minimum Gasteiger partial charge on any atom is -0.493 e. The van der Waals surface area contributed by atoms with Crippen molar-refractivity contribution >= 4 is 21.6 Å². The summed E-state index contributed by atoms with van der Waals surface area (Å²) in [6, 6.07) is 12.8. The van der Waals surface area contributed by atoms with Crippen LogP contribution in [0.5, 0.6) is 11.5 Å². The second-order valence-electron chi connectivity index (χ2n) is 8.52. The number of methoxy groups -OCH3 is 2. The molecule has 0 radical (unpaired) electrons. The maximum atomic E-state index is 13.3. The summed E-state index contributed by atoms with van der Waals surface area (Å²) in [5.74, 6) is 0.356. The molecule has 2 aromatic carbocycles. The minimum atomic E-state index is -3.83. The number of aromatic amines is 1.